The number of aromatic nitrogens is 1. The number of nitrogen functional groups attached to an aromatic ring is 1. The number of rotatable bonds is 3. The topological polar surface area (TPSA) is 63.6 Å². The number of hydrogen-bond acceptors (Lipinski definition) is 5. The average Bonchev–Trinajstić information content (AvgIpc) is 2.90. The molecule has 4 nitrogen and oxygen atoms in total. The molecule has 0 saturated carbocycles. The molecule has 1 aliphatic rings. The fraction of sp³-hybridized carbons (Fsp3) is 0.125. The molecule has 4 rings (SSSR count). The lowest BCUT2D eigenvalue weighted by atomic mass is 9.93. The molecule has 1 aliphatic carbocycles. The van der Waals surface area contributed by atoms with E-state index in [1.807, 2.05) is 42.5 Å². The summed E-state index contributed by atoms with van der Waals surface area (Å²) in [7, 11) is 0. The molecule has 144 valence electrons. The molecule has 2 N–H and O–H groups in total. The number of nitrogens with zero attached hydrogens (tertiary/aromatic N) is 3. The number of anilines is 1. The van der Waals surface area contributed by atoms with Crippen molar-refractivity contribution in [2.75, 3.05) is 5.73 Å². The van der Waals surface area contributed by atoms with Crippen LogP contribution in [0.2, 0.25) is 0 Å². The molecule has 2 aromatic carbocycles. The molecule has 29 heavy (non-hydrogen) atoms. The number of azo groups is 1. The average molecular weight is 399 g/mol. The van der Waals surface area contributed by atoms with E-state index >= 15 is 0 Å². The summed E-state index contributed by atoms with van der Waals surface area (Å²) in [6.45, 7) is 4.34. The normalized spacial score (nSPS) is 15.6. The predicted octanol–water partition coefficient (Wildman–Crippen LogP) is 7.06. The molecule has 5 heteroatoms. The van der Waals surface area contributed by atoms with Crippen LogP contribution in [0, 0.1) is 5.41 Å². The van der Waals surface area contributed by atoms with Gasteiger partial charge in [-0.15, -0.1) is 22.9 Å². The van der Waals surface area contributed by atoms with Crippen molar-refractivity contribution in [1.82, 2.24) is 4.98 Å². The molecule has 0 radical (unpaired) electrons. The number of pyridine rings is 1. The van der Waals surface area contributed by atoms with Gasteiger partial charge in [-0.1, -0.05) is 68.5 Å². The first-order valence-electron chi connectivity index (χ1n) is 9.40. The lowest BCUT2D eigenvalue weighted by molar-refractivity contribution is 0.627. The Hall–Kier alpha value is -3.18. The van der Waals surface area contributed by atoms with Crippen molar-refractivity contribution in [2.45, 2.75) is 18.7 Å². The zero-order valence-electron chi connectivity index (χ0n) is 16.4. The number of nitrogens with two attached hydrogens (primary N) is 1. The Balaban J connectivity index is 1.59. The third-order valence-electron chi connectivity index (χ3n) is 4.85. The van der Waals surface area contributed by atoms with Gasteiger partial charge in [0.2, 0.25) is 0 Å². The monoisotopic (exact) mass is 398 g/mol. The van der Waals surface area contributed by atoms with Gasteiger partial charge in [-0.2, -0.15) is 0 Å². The lowest BCUT2D eigenvalue weighted by Crippen LogP contribution is -2.00. The van der Waals surface area contributed by atoms with Gasteiger partial charge in [0.05, 0.1) is 17.6 Å². The largest absolute Gasteiger partial charge is 0.396 e. The van der Waals surface area contributed by atoms with Crippen LogP contribution in [-0.2, 0) is 0 Å². The van der Waals surface area contributed by atoms with Crippen molar-refractivity contribution in [3.8, 4) is 0 Å². The number of fused-ring (bicyclic) bond motifs is 1. The number of hydrogen-bond donors (Lipinski definition) is 2. The molecule has 0 saturated heterocycles. The highest BCUT2D eigenvalue weighted by molar-refractivity contribution is 7.80. The summed E-state index contributed by atoms with van der Waals surface area (Å²) >= 11 is 4.55. The minimum atomic E-state index is 0.0397. The van der Waals surface area contributed by atoms with Crippen LogP contribution in [0.1, 0.15) is 19.5 Å². The van der Waals surface area contributed by atoms with Crippen LogP contribution in [-0.4, -0.2) is 4.98 Å². The highest BCUT2D eigenvalue weighted by Gasteiger charge is 2.12. The van der Waals surface area contributed by atoms with Crippen LogP contribution < -0.4 is 5.73 Å². The van der Waals surface area contributed by atoms with E-state index < -0.39 is 0 Å². The van der Waals surface area contributed by atoms with Gasteiger partial charge in [0.15, 0.2) is 0 Å². The summed E-state index contributed by atoms with van der Waals surface area (Å²) in [6, 6.07) is 13.5. The van der Waals surface area contributed by atoms with Crippen molar-refractivity contribution in [3.63, 3.8) is 0 Å². The second-order valence-electron chi connectivity index (χ2n) is 7.61. The van der Waals surface area contributed by atoms with Gasteiger partial charge in [-0.05, 0) is 29.2 Å². The zero-order valence-corrected chi connectivity index (χ0v) is 17.3. The molecular weight excluding hydrogens is 376 g/mol. The molecule has 0 atom stereocenters. The molecule has 0 bridgehead atoms. The molecule has 0 amide bonds. The Morgan fingerprint density at radius 1 is 1.00 bits per heavy atom. The first-order valence-corrected chi connectivity index (χ1v) is 9.85. The van der Waals surface area contributed by atoms with Crippen molar-refractivity contribution in [2.24, 2.45) is 15.6 Å². The van der Waals surface area contributed by atoms with Crippen LogP contribution in [0.4, 0.5) is 17.1 Å². The molecule has 0 unspecified atom stereocenters. The van der Waals surface area contributed by atoms with E-state index in [1.165, 1.54) is 0 Å². The maximum Gasteiger partial charge on any atom is 0.110 e. The first kappa shape index (κ1) is 19.2. The van der Waals surface area contributed by atoms with E-state index in [1.54, 1.807) is 6.20 Å². The van der Waals surface area contributed by atoms with E-state index in [-0.39, 0.29) is 5.41 Å². The molecule has 1 heterocycles. The third-order valence-corrected chi connectivity index (χ3v) is 5.22. The quantitative estimate of drug-likeness (QED) is 0.282. The SMILES string of the molecule is CC1(C)C=CC=C(c2ccc(N=Nc3cc(S)c4ccccc4c3N)cn2)C=C1. The van der Waals surface area contributed by atoms with Crippen molar-refractivity contribution < 1.29 is 0 Å². The summed E-state index contributed by atoms with van der Waals surface area (Å²) < 4.78 is 0. The van der Waals surface area contributed by atoms with Crippen LogP contribution in [0.25, 0.3) is 16.3 Å². The molecule has 3 aromatic rings. The summed E-state index contributed by atoms with van der Waals surface area (Å²) in [5.74, 6) is 0. The number of thiol groups is 1. The van der Waals surface area contributed by atoms with E-state index in [0.29, 0.717) is 17.1 Å². The van der Waals surface area contributed by atoms with E-state index in [2.05, 4.69) is 72.1 Å². The minimum absolute atomic E-state index is 0.0397. The van der Waals surface area contributed by atoms with Gasteiger partial charge in [0, 0.05) is 15.7 Å². The molecule has 0 spiro atoms. The lowest BCUT2D eigenvalue weighted by Gasteiger charge is -2.12. The smallest absolute Gasteiger partial charge is 0.110 e. The van der Waals surface area contributed by atoms with Crippen molar-refractivity contribution >= 4 is 46.0 Å². The molecule has 0 fully saturated rings. The molecule has 1 aromatic heterocycles. The minimum Gasteiger partial charge on any atom is -0.396 e. The van der Waals surface area contributed by atoms with Gasteiger partial charge < -0.3 is 5.73 Å². The Bertz CT molecular complexity index is 1190. The van der Waals surface area contributed by atoms with Crippen LogP contribution >= 0.6 is 12.6 Å². The fourth-order valence-corrected chi connectivity index (χ4v) is 3.48. The summed E-state index contributed by atoms with van der Waals surface area (Å²) in [5, 5.41) is 10.6. The first-order chi connectivity index (χ1) is 13.9. The number of benzene rings is 2. The maximum atomic E-state index is 6.29. The van der Waals surface area contributed by atoms with Gasteiger partial charge in [0.25, 0.3) is 0 Å². The molecule has 0 aliphatic heterocycles. The van der Waals surface area contributed by atoms with E-state index in [4.69, 9.17) is 5.73 Å². The zero-order chi connectivity index (χ0) is 20.4. The Morgan fingerprint density at radius 3 is 2.55 bits per heavy atom. The highest BCUT2D eigenvalue weighted by Crippen LogP contribution is 2.36. The van der Waals surface area contributed by atoms with Crippen molar-refractivity contribution in [3.05, 3.63) is 84.7 Å². The van der Waals surface area contributed by atoms with Crippen LogP contribution in [0.5, 0.6) is 0 Å². The number of allylic oxidation sites excluding steroid dienone is 6. The van der Waals surface area contributed by atoms with Gasteiger partial charge in [0.1, 0.15) is 11.4 Å². The molecular formula is C24H22N4S. The Morgan fingerprint density at radius 2 is 1.79 bits per heavy atom. The fourth-order valence-electron chi connectivity index (χ4n) is 3.16. The third kappa shape index (κ3) is 4.15. The highest BCUT2D eigenvalue weighted by atomic mass is 32.1. The van der Waals surface area contributed by atoms with Gasteiger partial charge in [-0.25, -0.2) is 0 Å². The van der Waals surface area contributed by atoms with E-state index in [0.717, 1.165) is 26.9 Å². The Kier molecular flexibility index (Phi) is 5.07. The van der Waals surface area contributed by atoms with Crippen LogP contribution in [0.3, 0.4) is 0 Å². The summed E-state index contributed by atoms with van der Waals surface area (Å²) in [6.07, 6.45) is 12.3. The van der Waals surface area contributed by atoms with Gasteiger partial charge >= 0.3 is 0 Å². The summed E-state index contributed by atoms with van der Waals surface area (Å²) in [5.41, 5.74) is 10.1. The standard InChI is InChI=1S/C24H22N4S/c1-24(2)12-5-6-16(11-13-24)20-10-9-17(15-26-20)27-28-21-14-22(29)18-7-3-4-8-19(18)23(21)25/h3-15,29H,25H2,1-2H3. The second kappa shape index (κ2) is 7.68. The van der Waals surface area contributed by atoms with Crippen LogP contribution in [0.15, 0.2) is 94.2 Å². The predicted molar refractivity (Wildman–Crippen MR) is 124 cm³/mol. The van der Waals surface area contributed by atoms with Crippen molar-refractivity contribution in [1.29, 1.82) is 0 Å². The van der Waals surface area contributed by atoms with Gasteiger partial charge in [-0.3, -0.25) is 4.98 Å². The summed E-state index contributed by atoms with van der Waals surface area (Å²) in [4.78, 5) is 5.36. The van der Waals surface area contributed by atoms with E-state index in [9.17, 15) is 0 Å². The Labute approximate surface area is 176 Å². The second-order valence-corrected chi connectivity index (χ2v) is 8.09. The maximum absolute atomic E-state index is 6.29.